The summed E-state index contributed by atoms with van der Waals surface area (Å²) in [6, 6.07) is 11.9. The summed E-state index contributed by atoms with van der Waals surface area (Å²) in [4.78, 5) is 34.1. The van der Waals surface area contributed by atoms with Crippen molar-refractivity contribution < 1.29 is 19.5 Å². The van der Waals surface area contributed by atoms with Gasteiger partial charge in [-0.2, -0.15) is 0 Å². The van der Waals surface area contributed by atoms with Crippen LogP contribution >= 0.6 is 0 Å². The predicted molar refractivity (Wildman–Crippen MR) is 76.3 cm³/mol. The molecule has 6 heteroatoms. The Morgan fingerprint density at radius 3 is 2.00 bits per heavy atom. The van der Waals surface area contributed by atoms with Gasteiger partial charge in [-0.1, -0.05) is 12.1 Å². The van der Waals surface area contributed by atoms with Crippen LogP contribution in [0.5, 0.6) is 0 Å². The highest BCUT2D eigenvalue weighted by Gasteiger charge is 2.14. The predicted octanol–water partition coefficient (Wildman–Crippen LogP) is 1.74. The molecule has 21 heavy (non-hydrogen) atoms. The molecular weight excluding hydrogens is 272 g/mol. The van der Waals surface area contributed by atoms with Gasteiger partial charge in [0.2, 0.25) is 5.91 Å². The molecule has 0 fully saturated rings. The minimum absolute atomic E-state index is 0.116. The smallest absolute Gasteiger partial charge is 0.335 e. The molecule has 0 bridgehead atoms. The zero-order chi connectivity index (χ0) is 15.4. The first-order valence-electron chi connectivity index (χ1n) is 6.02. The summed E-state index contributed by atoms with van der Waals surface area (Å²) < 4.78 is 0. The lowest BCUT2D eigenvalue weighted by molar-refractivity contribution is 0.0696. The molecule has 0 heterocycles. The van der Waals surface area contributed by atoms with Gasteiger partial charge in [-0.05, 0) is 36.4 Å². The van der Waals surface area contributed by atoms with E-state index in [0.717, 1.165) is 0 Å². The average Bonchev–Trinajstić information content (AvgIpc) is 2.47. The summed E-state index contributed by atoms with van der Waals surface area (Å²) >= 11 is 0. The van der Waals surface area contributed by atoms with Gasteiger partial charge in [0.25, 0.3) is 5.91 Å². The zero-order valence-corrected chi connectivity index (χ0v) is 10.9. The summed E-state index contributed by atoms with van der Waals surface area (Å²) in [6.07, 6.45) is 0. The third-order valence-electron chi connectivity index (χ3n) is 2.83. The highest BCUT2D eigenvalue weighted by Crippen LogP contribution is 2.14. The van der Waals surface area contributed by atoms with Crippen molar-refractivity contribution in [1.82, 2.24) is 0 Å². The number of rotatable bonds is 4. The Balaban J connectivity index is 2.22. The molecule has 0 aliphatic heterocycles. The van der Waals surface area contributed by atoms with E-state index in [1.165, 1.54) is 36.4 Å². The van der Waals surface area contributed by atoms with Gasteiger partial charge in [0.1, 0.15) is 0 Å². The van der Waals surface area contributed by atoms with Crippen molar-refractivity contribution in [2.45, 2.75) is 0 Å². The van der Waals surface area contributed by atoms with Gasteiger partial charge in [0.05, 0.1) is 16.7 Å². The number of hydrogen-bond acceptors (Lipinski definition) is 3. The highest BCUT2D eigenvalue weighted by atomic mass is 16.4. The van der Waals surface area contributed by atoms with Crippen LogP contribution in [0, 0.1) is 0 Å². The van der Waals surface area contributed by atoms with Gasteiger partial charge in [0, 0.05) is 5.69 Å². The number of carboxylic acids is 1. The van der Waals surface area contributed by atoms with Crippen molar-refractivity contribution in [1.29, 1.82) is 0 Å². The number of primary amides is 1. The van der Waals surface area contributed by atoms with E-state index < -0.39 is 17.8 Å². The van der Waals surface area contributed by atoms with Crippen LogP contribution in [-0.4, -0.2) is 22.9 Å². The Labute approximate surface area is 120 Å². The molecule has 0 saturated heterocycles. The molecule has 2 aromatic carbocycles. The molecule has 0 saturated carbocycles. The van der Waals surface area contributed by atoms with Gasteiger partial charge < -0.3 is 16.2 Å². The second-order valence-electron chi connectivity index (χ2n) is 4.25. The van der Waals surface area contributed by atoms with Crippen molar-refractivity contribution >= 4 is 23.5 Å². The molecular formula is C15H12N2O4. The Bertz CT molecular complexity index is 708. The minimum Gasteiger partial charge on any atom is -0.478 e. The van der Waals surface area contributed by atoms with Crippen molar-refractivity contribution in [2.24, 2.45) is 5.73 Å². The van der Waals surface area contributed by atoms with Crippen molar-refractivity contribution in [3.63, 3.8) is 0 Å². The topological polar surface area (TPSA) is 109 Å². The number of hydrogen-bond donors (Lipinski definition) is 3. The van der Waals surface area contributed by atoms with Crippen LogP contribution in [0.25, 0.3) is 0 Å². The fraction of sp³-hybridized carbons (Fsp3) is 0. The van der Waals surface area contributed by atoms with E-state index in [4.69, 9.17) is 10.8 Å². The zero-order valence-electron chi connectivity index (χ0n) is 10.9. The van der Waals surface area contributed by atoms with Gasteiger partial charge in [0.15, 0.2) is 0 Å². The first-order chi connectivity index (χ1) is 9.99. The molecule has 0 aliphatic rings. The van der Waals surface area contributed by atoms with E-state index in [2.05, 4.69) is 5.32 Å². The summed E-state index contributed by atoms with van der Waals surface area (Å²) in [5.41, 5.74) is 6.03. The average molecular weight is 284 g/mol. The molecule has 6 nitrogen and oxygen atoms in total. The second-order valence-corrected chi connectivity index (χ2v) is 4.25. The normalized spacial score (nSPS) is 9.90. The van der Waals surface area contributed by atoms with Crippen LogP contribution in [0.1, 0.15) is 31.1 Å². The van der Waals surface area contributed by atoms with E-state index >= 15 is 0 Å². The molecule has 0 aromatic heterocycles. The third kappa shape index (κ3) is 3.24. The maximum atomic E-state index is 12.1. The quantitative estimate of drug-likeness (QED) is 0.794. The molecule has 0 aliphatic carbocycles. The monoisotopic (exact) mass is 284 g/mol. The fourth-order valence-electron chi connectivity index (χ4n) is 1.79. The Hall–Kier alpha value is -3.15. The van der Waals surface area contributed by atoms with E-state index in [-0.39, 0.29) is 16.7 Å². The van der Waals surface area contributed by atoms with Crippen LogP contribution in [0.4, 0.5) is 5.69 Å². The number of carboxylic acid groups (broad SMARTS) is 1. The molecule has 0 radical (unpaired) electrons. The molecule has 2 amide bonds. The van der Waals surface area contributed by atoms with Crippen LogP contribution in [-0.2, 0) is 0 Å². The Morgan fingerprint density at radius 2 is 1.48 bits per heavy atom. The highest BCUT2D eigenvalue weighted by molar-refractivity contribution is 6.11. The molecule has 0 atom stereocenters. The lowest BCUT2D eigenvalue weighted by Gasteiger charge is -2.08. The molecule has 0 spiro atoms. The number of nitrogens with one attached hydrogen (secondary N) is 1. The van der Waals surface area contributed by atoms with Crippen molar-refractivity contribution in [2.75, 3.05) is 5.32 Å². The number of carbonyl (C=O) groups excluding carboxylic acids is 2. The number of anilines is 1. The van der Waals surface area contributed by atoms with Crippen LogP contribution in [0.2, 0.25) is 0 Å². The Morgan fingerprint density at radius 1 is 0.905 bits per heavy atom. The fourth-order valence-corrected chi connectivity index (χ4v) is 1.79. The lowest BCUT2D eigenvalue weighted by Crippen LogP contribution is -2.20. The first kappa shape index (κ1) is 14.3. The van der Waals surface area contributed by atoms with Gasteiger partial charge in [-0.15, -0.1) is 0 Å². The number of nitrogens with two attached hydrogens (primary N) is 1. The lowest BCUT2D eigenvalue weighted by atomic mass is 10.1. The first-order valence-corrected chi connectivity index (χ1v) is 6.02. The molecule has 0 unspecified atom stereocenters. The van der Waals surface area contributed by atoms with Crippen molar-refractivity contribution in [3.05, 3.63) is 65.2 Å². The second kappa shape index (κ2) is 5.87. The van der Waals surface area contributed by atoms with Crippen molar-refractivity contribution in [3.8, 4) is 0 Å². The van der Waals surface area contributed by atoms with E-state index in [9.17, 15) is 14.4 Å². The number of benzene rings is 2. The molecule has 2 aromatic rings. The molecule has 2 rings (SSSR count). The summed E-state index contributed by atoms with van der Waals surface area (Å²) in [5.74, 6) is -2.23. The van der Waals surface area contributed by atoms with E-state index in [1.807, 2.05) is 0 Å². The number of carbonyl (C=O) groups is 3. The van der Waals surface area contributed by atoms with Crippen LogP contribution in [0.15, 0.2) is 48.5 Å². The van der Waals surface area contributed by atoms with E-state index in [0.29, 0.717) is 5.69 Å². The number of amides is 2. The van der Waals surface area contributed by atoms with E-state index in [1.54, 1.807) is 12.1 Å². The van der Waals surface area contributed by atoms with Crippen LogP contribution in [0.3, 0.4) is 0 Å². The third-order valence-corrected chi connectivity index (χ3v) is 2.83. The largest absolute Gasteiger partial charge is 0.478 e. The maximum Gasteiger partial charge on any atom is 0.335 e. The summed E-state index contributed by atoms with van der Waals surface area (Å²) in [5, 5.41) is 11.4. The SMILES string of the molecule is NC(=O)c1ccccc1C(=O)Nc1ccc(C(=O)O)cc1. The van der Waals surface area contributed by atoms with Crippen LogP contribution < -0.4 is 11.1 Å². The molecule has 4 N–H and O–H groups in total. The number of aromatic carboxylic acids is 1. The summed E-state index contributed by atoms with van der Waals surface area (Å²) in [7, 11) is 0. The molecule has 106 valence electrons. The maximum absolute atomic E-state index is 12.1. The van der Waals surface area contributed by atoms with Gasteiger partial charge >= 0.3 is 5.97 Å². The van der Waals surface area contributed by atoms with Gasteiger partial charge in [-0.3, -0.25) is 9.59 Å². The summed E-state index contributed by atoms with van der Waals surface area (Å²) in [6.45, 7) is 0. The van der Waals surface area contributed by atoms with Gasteiger partial charge in [-0.25, -0.2) is 4.79 Å². The standard InChI is InChI=1S/C15H12N2O4/c16-13(18)11-3-1-2-4-12(11)14(19)17-10-7-5-9(6-8-10)15(20)21/h1-8H,(H2,16,18)(H,17,19)(H,20,21). The minimum atomic E-state index is -1.05. The Kier molecular flexibility index (Phi) is 3.99.